The lowest BCUT2D eigenvalue weighted by Gasteiger charge is -2.18. The first-order valence-corrected chi connectivity index (χ1v) is 9.38. The van der Waals surface area contributed by atoms with Crippen molar-refractivity contribution in [3.63, 3.8) is 0 Å². The van der Waals surface area contributed by atoms with E-state index in [1.165, 1.54) is 0 Å². The second kappa shape index (κ2) is 11.3. The maximum Gasteiger partial charge on any atom is 0.224 e. The lowest BCUT2D eigenvalue weighted by molar-refractivity contribution is -0.131. The molecular formula is C20H31N3O3. The summed E-state index contributed by atoms with van der Waals surface area (Å²) in [5.74, 6) is 0.00660. The molecule has 0 fully saturated rings. The van der Waals surface area contributed by atoms with E-state index in [1.807, 2.05) is 45.0 Å². The maximum absolute atomic E-state index is 12.1. The summed E-state index contributed by atoms with van der Waals surface area (Å²) in [5.41, 5.74) is 1.71. The van der Waals surface area contributed by atoms with Gasteiger partial charge in [0.15, 0.2) is 0 Å². The van der Waals surface area contributed by atoms with Crippen LogP contribution in [0.5, 0.6) is 0 Å². The van der Waals surface area contributed by atoms with Crippen LogP contribution in [0, 0.1) is 0 Å². The van der Waals surface area contributed by atoms with Crippen molar-refractivity contribution >= 4 is 23.4 Å². The van der Waals surface area contributed by atoms with Crippen LogP contribution in [0.2, 0.25) is 0 Å². The minimum Gasteiger partial charge on any atom is -0.350 e. The van der Waals surface area contributed by atoms with Crippen molar-refractivity contribution < 1.29 is 14.4 Å². The summed E-state index contributed by atoms with van der Waals surface area (Å²) in [7, 11) is 0. The molecule has 0 spiro atoms. The normalized spacial score (nSPS) is 11.5. The molecular weight excluding hydrogens is 330 g/mol. The Bertz CT molecular complexity index is 595. The number of nitrogens with one attached hydrogen (secondary N) is 2. The van der Waals surface area contributed by atoms with Crippen LogP contribution in [0.25, 0.3) is 0 Å². The van der Waals surface area contributed by atoms with Gasteiger partial charge in [-0.3, -0.25) is 14.4 Å². The summed E-state index contributed by atoms with van der Waals surface area (Å²) in [4.78, 5) is 37.2. The Hall–Kier alpha value is -2.37. The molecule has 3 amide bonds. The summed E-state index contributed by atoms with van der Waals surface area (Å²) in [5, 5.41) is 5.74. The van der Waals surface area contributed by atoms with Crippen LogP contribution in [0.15, 0.2) is 24.3 Å². The Balaban J connectivity index is 2.42. The summed E-state index contributed by atoms with van der Waals surface area (Å²) >= 11 is 0. The SMILES string of the molecule is CCC(=O)Nc1ccc(C(C)NC(=O)CCCC(=O)N(CC)CC)cc1. The van der Waals surface area contributed by atoms with Gasteiger partial charge in [-0.1, -0.05) is 19.1 Å². The lowest BCUT2D eigenvalue weighted by Crippen LogP contribution is -2.31. The Labute approximate surface area is 156 Å². The standard InChI is InChI=1S/C20H31N3O3/c1-5-18(24)22-17-13-11-16(12-14-17)15(4)21-19(25)9-8-10-20(26)23(6-2)7-3/h11-15H,5-10H2,1-4H3,(H,21,25)(H,22,24). The van der Waals surface area contributed by atoms with Gasteiger partial charge in [-0.15, -0.1) is 0 Å². The zero-order chi connectivity index (χ0) is 19.5. The molecule has 0 radical (unpaired) electrons. The first kappa shape index (κ1) is 21.7. The van der Waals surface area contributed by atoms with Crippen molar-refractivity contribution in [1.82, 2.24) is 10.2 Å². The van der Waals surface area contributed by atoms with Gasteiger partial charge in [0.1, 0.15) is 0 Å². The van der Waals surface area contributed by atoms with Gasteiger partial charge in [0.05, 0.1) is 6.04 Å². The molecule has 0 aromatic heterocycles. The van der Waals surface area contributed by atoms with Crippen molar-refractivity contribution in [2.24, 2.45) is 0 Å². The molecule has 1 aromatic rings. The highest BCUT2D eigenvalue weighted by Gasteiger charge is 2.13. The fraction of sp³-hybridized carbons (Fsp3) is 0.550. The molecule has 0 aliphatic rings. The van der Waals surface area contributed by atoms with Crippen molar-refractivity contribution in [3.8, 4) is 0 Å². The van der Waals surface area contributed by atoms with Crippen LogP contribution in [0.3, 0.4) is 0 Å². The Morgan fingerprint density at radius 3 is 2.12 bits per heavy atom. The highest BCUT2D eigenvalue weighted by atomic mass is 16.2. The molecule has 6 nitrogen and oxygen atoms in total. The number of carbonyl (C=O) groups is 3. The molecule has 2 N–H and O–H groups in total. The minimum atomic E-state index is -0.128. The minimum absolute atomic E-state index is 0.0293. The van der Waals surface area contributed by atoms with E-state index >= 15 is 0 Å². The lowest BCUT2D eigenvalue weighted by atomic mass is 10.1. The Morgan fingerprint density at radius 1 is 0.962 bits per heavy atom. The monoisotopic (exact) mass is 361 g/mol. The van der Waals surface area contributed by atoms with E-state index in [1.54, 1.807) is 11.8 Å². The van der Waals surface area contributed by atoms with Gasteiger partial charge in [0.2, 0.25) is 17.7 Å². The number of hydrogen-bond donors (Lipinski definition) is 2. The Kier molecular flexibility index (Phi) is 9.41. The quantitative estimate of drug-likeness (QED) is 0.671. The second-order valence-electron chi connectivity index (χ2n) is 6.23. The second-order valence-corrected chi connectivity index (χ2v) is 6.23. The number of carbonyl (C=O) groups excluding carboxylic acids is 3. The molecule has 1 unspecified atom stereocenters. The smallest absolute Gasteiger partial charge is 0.224 e. The van der Waals surface area contributed by atoms with Gasteiger partial charge in [0, 0.05) is 38.0 Å². The van der Waals surface area contributed by atoms with Gasteiger partial charge < -0.3 is 15.5 Å². The van der Waals surface area contributed by atoms with Crippen LogP contribution < -0.4 is 10.6 Å². The van der Waals surface area contributed by atoms with Gasteiger partial charge in [0.25, 0.3) is 0 Å². The first-order valence-electron chi connectivity index (χ1n) is 9.38. The third-order valence-corrected chi connectivity index (χ3v) is 4.30. The molecule has 144 valence electrons. The molecule has 0 saturated carbocycles. The summed E-state index contributed by atoms with van der Waals surface area (Å²) in [6.45, 7) is 9.03. The van der Waals surface area contributed by atoms with Crippen LogP contribution in [-0.2, 0) is 14.4 Å². The van der Waals surface area contributed by atoms with E-state index in [2.05, 4.69) is 10.6 Å². The number of amides is 3. The van der Waals surface area contributed by atoms with Crippen molar-refractivity contribution in [3.05, 3.63) is 29.8 Å². The Morgan fingerprint density at radius 2 is 1.58 bits per heavy atom. The van der Waals surface area contributed by atoms with Gasteiger partial charge in [-0.2, -0.15) is 0 Å². The molecule has 0 aliphatic heterocycles. The van der Waals surface area contributed by atoms with Crippen LogP contribution >= 0.6 is 0 Å². The largest absolute Gasteiger partial charge is 0.350 e. The van der Waals surface area contributed by atoms with Gasteiger partial charge in [-0.25, -0.2) is 0 Å². The molecule has 0 bridgehead atoms. The summed E-state index contributed by atoms with van der Waals surface area (Å²) < 4.78 is 0. The van der Waals surface area contributed by atoms with E-state index in [0.29, 0.717) is 38.8 Å². The maximum atomic E-state index is 12.1. The molecule has 1 rings (SSSR count). The number of benzene rings is 1. The zero-order valence-electron chi connectivity index (χ0n) is 16.3. The average Bonchev–Trinajstić information content (AvgIpc) is 2.63. The number of hydrogen-bond acceptors (Lipinski definition) is 3. The average molecular weight is 361 g/mol. The molecule has 6 heteroatoms. The highest BCUT2D eigenvalue weighted by Crippen LogP contribution is 2.16. The third kappa shape index (κ3) is 7.25. The fourth-order valence-electron chi connectivity index (χ4n) is 2.64. The number of nitrogens with zero attached hydrogens (tertiary/aromatic N) is 1. The predicted molar refractivity (Wildman–Crippen MR) is 104 cm³/mol. The molecule has 1 atom stereocenters. The summed E-state index contributed by atoms with van der Waals surface area (Å²) in [6, 6.07) is 7.31. The van der Waals surface area contributed by atoms with E-state index in [-0.39, 0.29) is 23.8 Å². The molecule has 0 saturated heterocycles. The third-order valence-electron chi connectivity index (χ3n) is 4.30. The van der Waals surface area contributed by atoms with E-state index in [0.717, 1.165) is 11.3 Å². The van der Waals surface area contributed by atoms with Crippen LogP contribution in [0.1, 0.15) is 65.0 Å². The van der Waals surface area contributed by atoms with E-state index in [9.17, 15) is 14.4 Å². The van der Waals surface area contributed by atoms with E-state index in [4.69, 9.17) is 0 Å². The zero-order valence-corrected chi connectivity index (χ0v) is 16.3. The van der Waals surface area contributed by atoms with Gasteiger partial charge in [-0.05, 0) is 44.9 Å². The molecule has 1 aromatic carbocycles. The van der Waals surface area contributed by atoms with Crippen molar-refractivity contribution in [1.29, 1.82) is 0 Å². The van der Waals surface area contributed by atoms with Crippen LogP contribution in [-0.4, -0.2) is 35.7 Å². The molecule has 0 heterocycles. The van der Waals surface area contributed by atoms with E-state index < -0.39 is 0 Å². The molecule has 26 heavy (non-hydrogen) atoms. The fourth-order valence-corrected chi connectivity index (χ4v) is 2.64. The first-order chi connectivity index (χ1) is 12.4. The topological polar surface area (TPSA) is 78.5 Å². The van der Waals surface area contributed by atoms with Gasteiger partial charge >= 0.3 is 0 Å². The highest BCUT2D eigenvalue weighted by molar-refractivity contribution is 5.90. The van der Waals surface area contributed by atoms with Crippen LogP contribution in [0.4, 0.5) is 5.69 Å². The number of rotatable bonds is 10. The molecule has 0 aliphatic carbocycles. The van der Waals surface area contributed by atoms with Crippen molar-refractivity contribution in [2.75, 3.05) is 18.4 Å². The number of anilines is 1. The summed E-state index contributed by atoms with van der Waals surface area (Å²) in [6.07, 6.45) is 1.72. The predicted octanol–water partition coefficient (Wildman–Crippen LogP) is 3.25. The van der Waals surface area contributed by atoms with Crippen molar-refractivity contribution in [2.45, 2.75) is 59.4 Å².